The van der Waals surface area contributed by atoms with E-state index in [9.17, 15) is 9.59 Å². The van der Waals surface area contributed by atoms with Gasteiger partial charge in [0.25, 0.3) is 5.91 Å². The fraction of sp³-hybridized carbons (Fsp3) is 0.500. The molecule has 0 spiro atoms. The normalized spacial score (nSPS) is 15.0. The lowest BCUT2D eigenvalue weighted by Crippen LogP contribution is -2.53. The molecule has 2 rings (SSSR count). The first-order valence-electron chi connectivity index (χ1n) is 8.83. The summed E-state index contributed by atoms with van der Waals surface area (Å²) in [6.07, 6.45) is 0. The molecule has 1 saturated heterocycles. The Morgan fingerprint density at radius 3 is 2.46 bits per heavy atom. The van der Waals surface area contributed by atoms with Crippen LogP contribution in [0.4, 0.5) is 0 Å². The maximum Gasteiger partial charge on any atom is 0.251 e. The summed E-state index contributed by atoms with van der Waals surface area (Å²) in [5, 5.41) is 6.16. The van der Waals surface area contributed by atoms with E-state index in [0.29, 0.717) is 31.7 Å². The van der Waals surface area contributed by atoms with Gasteiger partial charge in [0.2, 0.25) is 5.91 Å². The molecule has 0 radical (unpaired) electrons. The van der Waals surface area contributed by atoms with Crippen molar-refractivity contribution < 1.29 is 9.59 Å². The first-order chi connectivity index (χ1) is 12.5. The zero-order chi connectivity index (χ0) is 18.9. The van der Waals surface area contributed by atoms with Gasteiger partial charge >= 0.3 is 0 Å². The minimum Gasteiger partial charge on any atom is -0.357 e. The third kappa shape index (κ3) is 6.01. The minimum atomic E-state index is -0.110. The molecule has 2 amide bonds. The van der Waals surface area contributed by atoms with Gasteiger partial charge in [0, 0.05) is 56.2 Å². The van der Waals surface area contributed by atoms with Crippen LogP contribution in [0.3, 0.4) is 0 Å². The molecule has 0 saturated carbocycles. The van der Waals surface area contributed by atoms with E-state index in [1.54, 1.807) is 19.1 Å². The summed E-state index contributed by atoms with van der Waals surface area (Å²) >= 11 is 3.37. The maximum absolute atomic E-state index is 12.1. The van der Waals surface area contributed by atoms with Crippen LogP contribution in [-0.2, 0) is 4.79 Å². The summed E-state index contributed by atoms with van der Waals surface area (Å²) < 4.78 is 0.877. The molecule has 2 N–H and O–H groups in total. The van der Waals surface area contributed by atoms with Crippen LogP contribution in [0.5, 0.6) is 0 Å². The van der Waals surface area contributed by atoms with Crippen LogP contribution in [0.25, 0.3) is 0 Å². The Bertz CT molecular complexity index is 657. The average Bonchev–Trinajstić information content (AvgIpc) is 2.64. The molecule has 1 fully saturated rings. The smallest absolute Gasteiger partial charge is 0.251 e. The first kappa shape index (κ1) is 20.2. The molecule has 0 atom stereocenters. The van der Waals surface area contributed by atoms with E-state index in [4.69, 9.17) is 0 Å². The molecule has 1 aliphatic rings. The molecule has 0 unspecified atom stereocenters. The molecular weight excluding hydrogens is 398 g/mol. The number of benzene rings is 1. The lowest BCUT2D eigenvalue weighted by Gasteiger charge is -2.36. The lowest BCUT2D eigenvalue weighted by molar-refractivity contribution is -0.130. The van der Waals surface area contributed by atoms with E-state index in [1.165, 1.54) is 0 Å². The Kier molecular flexibility index (Phi) is 7.90. The number of amides is 2. The van der Waals surface area contributed by atoms with Crippen LogP contribution >= 0.6 is 15.9 Å². The maximum atomic E-state index is 12.1. The second-order valence-corrected chi connectivity index (χ2v) is 6.91. The quantitative estimate of drug-likeness (QED) is 0.425. The largest absolute Gasteiger partial charge is 0.357 e. The number of aliphatic imine (C=N–C) groups is 1. The predicted octanol–water partition coefficient (Wildman–Crippen LogP) is 1.31. The summed E-state index contributed by atoms with van der Waals surface area (Å²) in [5.41, 5.74) is 0.621. The highest BCUT2D eigenvalue weighted by Gasteiger charge is 2.20. The molecule has 1 aromatic rings. The number of carbonyl (C=O) groups is 2. The topological polar surface area (TPSA) is 77.0 Å². The van der Waals surface area contributed by atoms with Crippen molar-refractivity contribution >= 4 is 33.7 Å². The van der Waals surface area contributed by atoms with Gasteiger partial charge < -0.3 is 20.4 Å². The number of rotatable bonds is 5. The summed E-state index contributed by atoms with van der Waals surface area (Å²) in [6, 6.07) is 7.29. The van der Waals surface area contributed by atoms with Gasteiger partial charge in [0.05, 0.1) is 6.54 Å². The highest BCUT2D eigenvalue weighted by molar-refractivity contribution is 9.10. The van der Waals surface area contributed by atoms with Gasteiger partial charge in [0.1, 0.15) is 0 Å². The average molecular weight is 424 g/mol. The molecule has 142 valence electrons. The number of nitrogens with zero attached hydrogens (tertiary/aromatic N) is 3. The van der Waals surface area contributed by atoms with Gasteiger partial charge in [-0.1, -0.05) is 22.0 Å². The Labute approximate surface area is 163 Å². The molecule has 1 aliphatic heterocycles. The number of nitrogens with one attached hydrogen (secondary N) is 2. The standard InChI is InChI=1S/C18H26BrN5O2/c1-3-20-18(24-11-9-23(10-12-24)14(2)25)22-8-7-21-17(26)15-5-4-6-16(19)13-15/h4-6,13H,3,7-12H2,1-2H3,(H,20,22)(H,21,26). The van der Waals surface area contributed by atoms with E-state index >= 15 is 0 Å². The first-order valence-corrected chi connectivity index (χ1v) is 9.63. The zero-order valence-corrected chi connectivity index (χ0v) is 16.9. The highest BCUT2D eigenvalue weighted by Crippen LogP contribution is 2.11. The molecule has 1 heterocycles. The molecule has 26 heavy (non-hydrogen) atoms. The van der Waals surface area contributed by atoms with Crippen molar-refractivity contribution in [2.45, 2.75) is 13.8 Å². The molecular formula is C18H26BrN5O2. The second kappa shape index (κ2) is 10.2. The molecule has 0 bridgehead atoms. The van der Waals surface area contributed by atoms with Crippen molar-refractivity contribution in [3.63, 3.8) is 0 Å². The fourth-order valence-corrected chi connectivity index (χ4v) is 3.12. The number of hydrogen-bond acceptors (Lipinski definition) is 3. The van der Waals surface area contributed by atoms with Crippen LogP contribution < -0.4 is 10.6 Å². The predicted molar refractivity (Wildman–Crippen MR) is 106 cm³/mol. The van der Waals surface area contributed by atoms with E-state index in [0.717, 1.165) is 30.1 Å². The van der Waals surface area contributed by atoms with Crippen molar-refractivity contribution in [1.29, 1.82) is 0 Å². The number of piperazine rings is 1. The monoisotopic (exact) mass is 423 g/mol. The number of guanidine groups is 1. The van der Waals surface area contributed by atoms with E-state index in [2.05, 4.69) is 36.5 Å². The second-order valence-electron chi connectivity index (χ2n) is 6.00. The lowest BCUT2D eigenvalue weighted by atomic mass is 10.2. The highest BCUT2D eigenvalue weighted by atomic mass is 79.9. The summed E-state index contributed by atoms with van der Waals surface area (Å²) in [7, 11) is 0. The summed E-state index contributed by atoms with van der Waals surface area (Å²) in [6.45, 7) is 8.29. The van der Waals surface area contributed by atoms with Crippen molar-refractivity contribution in [1.82, 2.24) is 20.4 Å². The molecule has 8 heteroatoms. The van der Waals surface area contributed by atoms with Gasteiger partial charge in [-0.3, -0.25) is 14.6 Å². The molecule has 0 aliphatic carbocycles. The molecule has 1 aromatic carbocycles. The zero-order valence-electron chi connectivity index (χ0n) is 15.3. The van der Waals surface area contributed by atoms with Crippen molar-refractivity contribution in [3.05, 3.63) is 34.3 Å². The van der Waals surface area contributed by atoms with Crippen molar-refractivity contribution in [2.75, 3.05) is 45.8 Å². The van der Waals surface area contributed by atoms with Crippen molar-refractivity contribution in [2.24, 2.45) is 4.99 Å². The van der Waals surface area contributed by atoms with Crippen molar-refractivity contribution in [3.8, 4) is 0 Å². The molecule has 7 nitrogen and oxygen atoms in total. The number of hydrogen-bond donors (Lipinski definition) is 2. The van der Waals surface area contributed by atoms with Crippen LogP contribution in [0, 0.1) is 0 Å². The van der Waals surface area contributed by atoms with E-state index in [-0.39, 0.29) is 11.8 Å². The SMILES string of the molecule is CCNC(=NCCNC(=O)c1cccc(Br)c1)N1CCN(C(C)=O)CC1. The Morgan fingerprint density at radius 2 is 1.85 bits per heavy atom. The summed E-state index contributed by atoms with van der Waals surface area (Å²) in [5.74, 6) is 0.829. The van der Waals surface area contributed by atoms with Crippen LogP contribution in [0.15, 0.2) is 33.7 Å². The third-order valence-electron chi connectivity index (χ3n) is 4.11. The minimum absolute atomic E-state index is 0.110. The third-order valence-corrected chi connectivity index (χ3v) is 4.60. The van der Waals surface area contributed by atoms with Crippen LogP contribution in [0.2, 0.25) is 0 Å². The van der Waals surface area contributed by atoms with Gasteiger partial charge in [-0.2, -0.15) is 0 Å². The van der Waals surface area contributed by atoms with Gasteiger partial charge in [0.15, 0.2) is 5.96 Å². The Morgan fingerprint density at radius 1 is 1.15 bits per heavy atom. The van der Waals surface area contributed by atoms with Gasteiger partial charge in [-0.05, 0) is 25.1 Å². The number of halogens is 1. The summed E-state index contributed by atoms with van der Waals surface area (Å²) in [4.78, 5) is 32.1. The van der Waals surface area contributed by atoms with Crippen LogP contribution in [0.1, 0.15) is 24.2 Å². The van der Waals surface area contributed by atoms with Crippen LogP contribution in [-0.4, -0.2) is 73.4 Å². The van der Waals surface area contributed by atoms with E-state index < -0.39 is 0 Å². The Balaban J connectivity index is 1.83. The van der Waals surface area contributed by atoms with Gasteiger partial charge in [-0.15, -0.1) is 0 Å². The van der Waals surface area contributed by atoms with Gasteiger partial charge in [-0.25, -0.2) is 0 Å². The van der Waals surface area contributed by atoms with E-state index in [1.807, 2.05) is 24.0 Å². The fourth-order valence-electron chi connectivity index (χ4n) is 2.72. The number of carbonyl (C=O) groups excluding carboxylic acids is 2. The molecule has 0 aromatic heterocycles. The Hall–Kier alpha value is -2.09.